The van der Waals surface area contributed by atoms with E-state index in [9.17, 15) is 0 Å². The Morgan fingerprint density at radius 3 is 1.72 bits per heavy atom. The maximum absolute atomic E-state index is 2.47. The quantitative estimate of drug-likeness (QED) is 0.156. The molecule has 0 saturated heterocycles. The predicted octanol–water partition coefficient (Wildman–Crippen LogP) is 16.8. The molecule has 61 heavy (non-hydrogen) atoms. The van der Waals surface area contributed by atoms with Crippen LogP contribution in [0, 0.1) is 0 Å². The van der Waals surface area contributed by atoms with E-state index in [1.54, 1.807) is 0 Å². The maximum Gasteiger partial charge on any atom is 0.0547 e. The lowest BCUT2D eigenvalue weighted by molar-refractivity contribution is 1.18. The molecular formula is C58H38N2S. The zero-order valence-electron chi connectivity index (χ0n) is 33.2. The molecule has 0 unspecified atom stereocenters. The number of thiophene rings is 1. The molecule has 2 nitrogen and oxygen atoms in total. The van der Waals surface area contributed by atoms with Crippen molar-refractivity contribution >= 4 is 81.1 Å². The van der Waals surface area contributed by atoms with Crippen LogP contribution in [0.3, 0.4) is 0 Å². The van der Waals surface area contributed by atoms with Gasteiger partial charge in [-0.05, 0) is 105 Å². The van der Waals surface area contributed by atoms with Crippen LogP contribution in [-0.4, -0.2) is 4.57 Å². The Bertz CT molecular complexity index is 3580. The summed E-state index contributed by atoms with van der Waals surface area (Å²) < 4.78 is 5.05. The minimum absolute atomic E-state index is 1.09. The number of benzene rings is 10. The zero-order valence-corrected chi connectivity index (χ0v) is 34.1. The number of para-hydroxylation sites is 2. The van der Waals surface area contributed by atoms with Gasteiger partial charge in [0.25, 0.3) is 0 Å². The summed E-state index contributed by atoms with van der Waals surface area (Å²) >= 11 is 1.86. The number of anilines is 3. The largest absolute Gasteiger partial charge is 0.310 e. The van der Waals surface area contributed by atoms with Gasteiger partial charge in [0.15, 0.2) is 0 Å². The van der Waals surface area contributed by atoms with Gasteiger partial charge in [0.2, 0.25) is 0 Å². The van der Waals surface area contributed by atoms with E-state index < -0.39 is 0 Å². The molecule has 12 aromatic rings. The molecule has 0 saturated carbocycles. The first-order valence-corrected chi connectivity index (χ1v) is 21.6. The molecule has 0 fully saturated rings. The fourth-order valence-electron chi connectivity index (χ4n) is 9.31. The summed E-state index contributed by atoms with van der Waals surface area (Å²) in [5.41, 5.74) is 14.0. The second-order valence-corrected chi connectivity index (χ2v) is 16.8. The van der Waals surface area contributed by atoms with Gasteiger partial charge in [-0.2, -0.15) is 0 Å². The van der Waals surface area contributed by atoms with E-state index in [2.05, 4.69) is 240 Å². The van der Waals surface area contributed by atoms with E-state index in [4.69, 9.17) is 0 Å². The molecule has 10 aromatic carbocycles. The number of hydrogen-bond acceptors (Lipinski definition) is 2. The van der Waals surface area contributed by atoms with Gasteiger partial charge in [-0.1, -0.05) is 164 Å². The van der Waals surface area contributed by atoms with Crippen molar-refractivity contribution in [2.45, 2.75) is 0 Å². The van der Waals surface area contributed by atoms with Gasteiger partial charge in [0, 0.05) is 53.6 Å². The first-order valence-electron chi connectivity index (χ1n) is 20.8. The molecule has 0 aliphatic carbocycles. The number of rotatable bonds is 7. The Balaban J connectivity index is 1.07. The molecule has 0 aliphatic heterocycles. The van der Waals surface area contributed by atoms with Crippen molar-refractivity contribution in [2.24, 2.45) is 0 Å². The van der Waals surface area contributed by atoms with Crippen LogP contribution in [0.1, 0.15) is 0 Å². The molecule has 0 bridgehead atoms. The van der Waals surface area contributed by atoms with Gasteiger partial charge >= 0.3 is 0 Å². The third kappa shape index (κ3) is 6.01. The normalized spacial score (nSPS) is 11.6. The van der Waals surface area contributed by atoms with E-state index in [-0.39, 0.29) is 0 Å². The third-order valence-corrected chi connectivity index (χ3v) is 13.3. The smallest absolute Gasteiger partial charge is 0.0547 e. The molecule has 0 spiro atoms. The number of hydrogen-bond donors (Lipinski definition) is 0. The zero-order chi connectivity index (χ0) is 40.3. The molecular weight excluding hydrogens is 757 g/mol. The van der Waals surface area contributed by atoms with Crippen LogP contribution in [0.4, 0.5) is 17.1 Å². The van der Waals surface area contributed by atoms with Gasteiger partial charge in [-0.25, -0.2) is 0 Å². The Labute approximate surface area is 358 Å². The molecule has 0 N–H and O–H groups in total. The third-order valence-electron chi connectivity index (χ3n) is 12.2. The Hall–Kier alpha value is -7.72. The van der Waals surface area contributed by atoms with Crippen LogP contribution >= 0.6 is 11.3 Å². The lowest BCUT2D eigenvalue weighted by Gasteiger charge is -2.27. The van der Waals surface area contributed by atoms with E-state index in [1.807, 2.05) is 11.3 Å². The standard InChI is InChI=1S/C58H38N2S/c1-3-15-39(16-4-1)40-27-29-44(30-28-40)59(46-32-34-51-50-23-11-14-26-57(50)61-58(51)38-46)45-31-33-47(52(37-45)41-17-5-2-6-18-41)48-21-9-12-24-54(48)60-55-25-13-10-22-49(55)53-35-42-19-7-8-20-43(42)36-56(53)60/h1-38H. The summed E-state index contributed by atoms with van der Waals surface area (Å²) in [7, 11) is 0. The van der Waals surface area contributed by atoms with Crippen molar-refractivity contribution in [3.8, 4) is 39.1 Å². The minimum Gasteiger partial charge on any atom is -0.310 e. The van der Waals surface area contributed by atoms with Crippen molar-refractivity contribution in [1.29, 1.82) is 0 Å². The molecule has 12 rings (SSSR count). The van der Waals surface area contributed by atoms with E-state index >= 15 is 0 Å². The summed E-state index contributed by atoms with van der Waals surface area (Å²) in [5, 5.41) is 7.58. The van der Waals surface area contributed by atoms with Crippen LogP contribution in [-0.2, 0) is 0 Å². The van der Waals surface area contributed by atoms with Gasteiger partial charge in [0.1, 0.15) is 0 Å². The molecule has 0 atom stereocenters. The number of fused-ring (bicyclic) bond motifs is 7. The van der Waals surface area contributed by atoms with E-state index in [0.717, 1.165) is 22.7 Å². The van der Waals surface area contributed by atoms with Crippen molar-refractivity contribution in [3.05, 3.63) is 231 Å². The topological polar surface area (TPSA) is 8.17 Å². The second-order valence-electron chi connectivity index (χ2n) is 15.7. The van der Waals surface area contributed by atoms with Gasteiger partial charge in [-0.15, -0.1) is 11.3 Å². The number of aromatic nitrogens is 1. The first kappa shape index (κ1) is 35.2. The molecule has 0 amide bonds. The van der Waals surface area contributed by atoms with E-state index in [1.165, 1.54) is 86.1 Å². The highest BCUT2D eigenvalue weighted by Gasteiger charge is 2.21. The SMILES string of the molecule is c1ccc(-c2ccc(N(c3ccc(-c4ccccc4-n4c5ccccc5c5cc6ccccc6cc54)c(-c4ccccc4)c3)c3ccc4c(c3)sc3ccccc34)cc2)cc1. The summed E-state index contributed by atoms with van der Waals surface area (Å²) in [6.07, 6.45) is 0. The second kappa shape index (κ2) is 14.5. The summed E-state index contributed by atoms with van der Waals surface area (Å²) in [5.74, 6) is 0. The monoisotopic (exact) mass is 794 g/mol. The Morgan fingerprint density at radius 1 is 0.311 bits per heavy atom. The van der Waals surface area contributed by atoms with Crippen LogP contribution in [0.25, 0.3) is 91.8 Å². The average Bonchev–Trinajstić information content (AvgIpc) is 3.86. The Morgan fingerprint density at radius 2 is 0.902 bits per heavy atom. The predicted molar refractivity (Wildman–Crippen MR) is 262 cm³/mol. The van der Waals surface area contributed by atoms with Crippen molar-refractivity contribution < 1.29 is 0 Å². The van der Waals surface area contributed by atoms with Crippen LogP contribution < -0.4 is 4.90 Å². The fraction of sp³-hybridized carbons (Fsp3) is 0. The highest BCUT2D eigenvalue weighted by molar-refractivity contribution is 7.25. The molecule has 0 radical (unpaired) electrons. The van der Waals surface area contributed by atoms with Crippen LogP contribution in [0.5, 0.6) is 0 Å². The van der Waals surface area contributed by atoms with Gasteiger partial charge < -0.3 is 9.47 Å². The van der Waals surface area contributed by atoms with Crippen molar-refractivity contribution in [3.63, 3.8) is 0 Å². The molecule has 3 heteroatoms. The molecule has 2 heterocycles. The minimum atomic E-state index is 1.09. The van der Waals surface area contributed by atoms with Crippen molar-refractivity contribution in [1.82, 2.24) is 4.57 Å². The van der Waals surface area contributed by atoms with Crippen LogP contribution in [0.15, 0.2) is 231 Å². The molecule has 286 valence electrons. The summed E-state index contributed by atoms with van der Waals surface area (Å²) in [6.45, 7) is 0. The van der Waals surface area contributed by atoms with Gasteiger partial charge in [-0.3, -0.25) is 0 Å². The highest BCUT2D eigenvalue weighted by Crippen LogP contribution is 2.45. The van der Waals surface area contributed by atoms with Crippen LogP contribution in [0.2, 0.25) is 0 Å². The summed E-state index contributed by atoms with van der Waals surface area (Å²) in [6, 6.07) is 84.3. The van der Waals surface area contributed by atoms with E-state index in [0.29, 0.717) is 0 Å². The van der Waals surface area contributed by atoms with Gasteiger partial charge in [0.05, 0.1) is 16.7 Å². The summed E-state index contributed by atoms with van der Waals surface area (Å²) in [4.78, 5) is 2.42. The molecule has 0 aliphatic rings. The lowest BCUT2D eigenvalue weighted by atomic mass is 9.92. The first-order chi connectivity index (χ1) is 30.2. The number of nitrogens with zero attached hydrogens (tertiary/aromatic N) is 2. The fourth-order valence-corrected chi connectivity index (χ4v) is 10.4. The van der Waals surface area contributed by atoms with Crippen molar-refractivity contribution in [2.75, 3.05) is 4.90 Å². The maximum atomic E-state index is 2.47. The molecule has 2 aromatic heterocycles. The average molecular weight is 795 g/mol. The highest BCUT2D eigenvalue weighted by atomic mass is 32.1. The lowest BCUT2D eigenvalue weighted by Crippen LogP contribution is -2.10. The Kier molecular flexibility index (Phi) is 8.39.